The molecule has 1 aromatic carbocycles. The summed E-state index contributed by atoms with van der Waals surface area (Å²) in [5, 5.41) is 15.4. The van der Waals surface area contributed by atoms with Gasteiger partial charge >= 0.3 is 0 Å². The Kier molecular flexibility index (Phi) is 5.34. The van der Waals surface area contributed by atoms with E-state index in [4.69, 9.17) is 4.74 Å². The van der Waals surface area contributed by atoms with Crippen LogP contribution in [-0.2, 0) is 19.1 Å². The van der Waals surface area contributed by atoms with Crippen molar-refractivity contribution < 1.29 is 24.2 Å². The highest BCUT2D eigenvalue weighted by Crippen LogP contribution is 2.65. The summed E-state index contributed by atoms with van der Waals surface area (Å²) >= 11 is 0. The Morgan fingerprint density at radius 1 is 1.26 bits per heavy atom. The van der Waals surface area contributed by atoms with Crippen LogP contribution >= 0.6 is 0 Å². The average molecular weight is 430 g/mol. The molecule has 1 aromatic rings. The van der Waals surface area contributed by atoms with Gasteiger partial charge in [0, 0.05) is 18.3 Å². The Hall–Kier alpha value is -2.45. The Morgan fingerprint density at radius 2 is 1.94 bits per heavy atom. The number of amides is 3. The van der Waals surface area contributed by atoms with E-state index in [1.54, 1.807) is 12.1 Å². The fourth-order valence-corrected chi connectivity index (χ4v) is 5.89. The third-order valence-corrected chi connectivity index (χ3v) is 7.16. The summed E-state index contributed by atoms with van der Waals surface area (Å²) in [4.78, 5) is 41.6. The van der Waals surface area contributed by atoms with Crippen molar-refractivity contribution in [3.8, 4) is 0 Å². The molecular formula is C23H31N3O5. The van der Waals surface area contributed by atoms with Crippen molar-refractivity contribution in [3.05, 3.63) is 30.3 Å². The van der Waals surface area contributed by atoms with Crippen LogP contribution in [0.4, 0.5) is 5.69 Å². The van der Waals surface area contributed by atoms with E-state index < -0.39 is 29.1 Å². The first-order valence-corrected chi connectivity index (χ1v) is 10.9. The molecule has 8 heteroatoms. The highest BCUT2D eigenvalue weighted by Gasteiger charge is 2.79. The summed E-state index contributed by atoms with van der Waals surface area (Å²) in [7, 11) is 0. The maximum Gasteiger partial charge on any atom is 0.246 e. The number of anilines is 1. The van der Waals surface area contributed by atoms with Gasteiger partial charge in [-0.2, -0.15) is 0 Å². The summed E-state index contributed by atoms with van der Waals surface area (Å²) < 4.78 is 6.55. The van der Waals surface area contributed by atoms with E-state index >= 15 is 0 Å². The molecule has 3 amide bonds. The number of nitrogens with one attached hydrogen (secondary N) is 2. The second-order valence-corrected chi connectivity index (χ2v) is 9.48. The zero-order valence-electron chi connectivity index (χ0n) is 18.4. The van der Waals surface area contributed by atoms with Gasteiger partial charge in [-0.3, -0.25) is 14.4 Å². The van der Waals surface area contributed by atoms with Gasteiger partial charge in [-0.1, -0.05) is 25.1 Å². The van der Waals surface area contributed by atoms with Crippen LogP contribution in [-0.4, -0.2) is 64.2 Å². The maximum atomic E-state index is 13.6. The molecule has 3 saturated heterocycles. The lowest BCUT2D eigenvalue weighted by Gasteiger charge is -2.36. The van der Waals surface area contributed by atoms with Crippen LogP contribution in [0.2, 0.25) is 0 Å². The van der Waals surface area contributed by atoms with E-state index in [-0.39, 0.29) is 42.8 Å². The average Bonchev–Trinajstić information content (AvgIpc) is 3.20. The highest BCUT2D eigenvalue weighted by molar-refractivity contribution is 6.02. The monoisotopic (exact) mass is 429 g/mol. The van der Waals surface area contributed by atoms with Crippen molar-refractivity contribution >= 4 is 23.4 Å². The van der Waals surface area contributed by atoms with E-state index in [1.165, 1.54) is 4.90 Å². The van der Waals surface area contributed by atoms with Crippen molar-refractivity contribution in [2.45, 2.75) is 57.4 Å². The van der Waals surface area contributed by atoms with Crippen molar-refractivity contribution in [2.75, 3.05) is 18.5 Å². The molecule has 0 radical (unpaired) electrons. The number of nitrogens with zero attached hydrogens (tertiary/aromatic N) is 1. The number of carbonyl (C=O) groups excluding carboxylic acids is 3. The number of benzene rings is 1. The first-order chi connectivity index (χ1) is 14.7. The van der Waals surface area contributed by atoms with E-state index in [1.807, 2.05) is 45.9 Å². The number of likely N-dealkylation sites (tertiary alicyclic amines) is 1. The van der Waals surface area contributed by atoms with Gasteiger partial charge in [-0.15, -0.1) is 0 Å². The predicted octanol–water partition coefficient (Wildman–Crippen LogP) is 1.15. The normalized spacial score (nSPS) is 36.1. The zero-order valence-corrected chi connectivity index (χ0v) is 18.4. The molecule has 0 aromatic heterocycles. The second-order valence-electron chi connectivity index (χ2n) is 9.48. The Morgan fingerprint density at radius 3 is 2.55 bits per heavy atom. The molecule has 3 heterocycles. The number of rotatable bonds is 6. The minimum atomic E-state index is -1.09. The number of ether oxygens (including phenoxy) is 1. The SMILES string of the molecule is CC(C)NC(=O)C1N(CCO)C(=O)[C@@H]2[C@H](C(=O)Nc3ccccc3)[C@@]3(C)OC12CC3C. The fourth-order valence-electron chi connectivity index (χ4n) is 5.89. The van der Waals surface area contributed by atoms with E-state index in [9.17, 15) is 19.5 Å². The van der Waals surface area contributed by atoms with Crippen LogP contribution in [0.3, 0.4) is 0 Å². The fraction of sp³-hybridized carbons (Fsp3) is 0.609. The van der Waals surface area contributed by atoms with Gasteiger partial charge < -0.3 is 25.4 Å². The van der Waals surface area contributed by atoms with Crippen LogP contribution in [0, 0.1) is 17.8 Å². The molecule has 1 spiro atoms. The summed E-state index contributed by atoms with van der Waals surface area (Å²) in [5.74, 6) is -2.42. The van der Waals surface area contributed by atoms with Crippen molar-refractivity contribution in [2.24, 2.45) is 17.8 Å². The van der Waals surface area contributed by atoms with Gasteiger partial charge in [0.15, 0.2) is 0 Å². The molecule has 0 aliphatic carbocycles. The Bertz CT molecular complexity index is 890. The number of β-amino-alcohol motifs (C(OH)–C–C–N with tert-alkyl or cyclic N) is 1. The molecule has 3 fully saturated rings. The summed E-state index contributed by atoms with van der Waals surface area (Å²) in [6, 6.07) is 8.11. The smallest absolute Gasteiger partial charge is 0.246 e. The number of fused-ring (bicyclic) bond motifs is 1. The van der Waals surface area contributed by atoms with Gasteiger partial charge in [0.1, 0.15) is 11.6 Å². The van der Waals surface area contributed by atoms with Crippen molar-refractivity contribution in [1.82, 2.24) is 10.2 Å². The van der Waals surface area contributed by atoms with E-state index in [0.717, 1.165) is 0 Å². The van der Waals surface area contributed by atoms with E-state index in [0.29, 0.717) is 12.1 Å². The first-order valence-electron chi connectivity index (χ1n) is 10.9. The quantitative estimate of drug-likeness (QED) is 0.629. The number of hydrogen-bond acceptors (Lipinski definition) is 5. The van der Waals surface area contributed by atoms with Gasteiger partial charge in [0.25, 0.3) is 0 Å². The highest BCUT2D eigenvalue weighted by atomic mass is 16.5. The lowest BCUT2D eigenvalue weighted by molar-refractivity contribution is -0.146. The molecule has 3 aliphatic rings. The minimum Gasteiger partial charge on any atom is -0.395 e. The van der Waals surface area contributed by atoms with Crippen LogP contribution in [0.15, 0.2) is 30.3 Å². The number of aliphatic hydroxyl groups is 1. The van der Waals surface area contributed by atoms with Crippen LogP contribution < -0.4 is 10.6 Å². The summed E-state index contributed by atoms with van der Waals surface area (Å²) in [6.45, 7) is 7.34. The molecule has 3 aliphatic heterocycles. The molecule has 168 valence electrons. The number of carbonyl (C=O) groups is 3. The standard InChI is InChI=1S/C23H31N3O5/c1-13(2)24-20(29)18-23-12-14(3)22(4,31-23)16(17(23)21(30)26(18)10-11-27)19(28)25-15-8-6-5-7-9-15/h5-9,13-14,16-18,27H,10-12H2,1-4H3,(H,24,29)(H,25,28)/t14?,16-,17+,18?,22+,23?/m1/s1. The number of hydrogen-bond donors (Lipinski definition) is 3. The summed E-state index contributed by atoms with van der Waals surface area (Å²) in [5.41, 5.74) is -1.30. The Labute approximate surface area is 182 Å². The molecule has 8 nitrogen and oxygen atoms in total. The number of aliphatic hydroxyl groups excluding tert-OH is 1. The lowest BCUT2D eigenvalue weighted by Crippen LogP contribution is -2.57. The molecule has 2 bridgehead atoms. The third-order valence-electron chi connectivity index (χ3n) is 7.16. The Balaban J connectivity index is 1.74. The molecule has 6 atom stereocenters. The predicted molar refractivity (Wildman–Crippen MR) is 114 cm³/mol. The van der Waals surface area contributed by atoms with Gasteiger partial charge in [0.2, 0.25) is 17.7 Å². The van der Waals surface area contributed by atoms with E-state index in [2.05, 4.69) is 10.6 Å². The van der Waals surface area contributed by atoms with Crippen LogP contribution in [0.5, 0.6) is 0 Å². The maximum absolute atomic E-state index is 13.6. The zero-order chi connectivity index (χ0) is 22.6. The van der Waals surface area contributed by atoms with Crippen LogP contribution in [0.1, 0.15) is 34.1 Å². The molecule has 3 unspecified atom stereocenters. The molecule has 0 saturated carbocycles. The topological polar surface area (TPSA) is 108 Å². The number of para-hydroxylation sites is 1. The minimum absolute atomic E-state index is 0.0218. The first kappa shape index (κ1) is 21.8. The van der Waals surface area contributed by atoms with Crippen LogP contribution in [0.25, 0.3) is 0 Å². The molecule has 31 heavy (non-hydrogen) atoms. The van der Waals surface area contributed by atoms with Crippen molar-refractivity contribution in [3.63, 3.8) is 0 Å². The molecule has 3 N–H and O–H groups in total. The lowest BCUT2D eigenvalue weighted by atomic mass is 9.62. The largest absolute Gasteiger partial charge is 0.395 e. The van der Waals surface area contributed by atoms with Gasteiger partial charge in [-0.25, -0.2) is 0 Å². The van der Waals surface area contributed by atoms with Gasteiger partial charge in [-0.05, 0) is 45.2 Å². The summed E-state index contributed by atoms with van der Waals surface area (Å²) in [6.07, 6.45) is 0.507. The van der Waals surface area contributed by atoms with Crippen molar-refractivity contribution in [1.29, 1.82) is 0 Å². The molecular weight excluding hydrogens is 398 g/mol. The van der Waals surface area contributed by atoms with Gasteiger partial charge in [0.05, 0.1) is 24.0 Å². The second kappa shape index (κ2) is 7.60. The third kappa shape index (κ3) is 3.15. The molecule has 4 rings (SSSR count).